The molecular formula is C10H11N3O2. The summed E-state index contributed by atoms with van der Waals surface area (Å²) in [5, 5.41) is 0. The Hall–Kier alpha value is -1.91. The van der Waals surface area contributed by atoms with E-state index in [1.807, 2.05) is 6.92 Å². The van der Waals surface area contributed by atoms with Gasteiger partial charge in [-0.2, -0.15) is 0 Å². The van der Waals surface area contributed by atoms with Crippen LogP contribution in [0.1, 0.15) is 23.1 Å². The van der Waals surface area contributed by atoms with Gasteiger partial charge in [0.2, 0.25) is 0 Å². The van der Waals surface area contributed by atoms with Crippen molar-refractivity contribution in [1.82, 2.24) is 14.4 Å². The minimum atomic E-state index is -0.410. The Kier molecular flexibility index (Phi) is 2.37. The van der Waals surface area contributed by atoms with Gasteiger partial charge in [0.25, 0.3) is 0 Å². The van der Waals surface area contributed by atoms with Gasteiger partial charge in [-0.25, -0.2) is 9.78 Å². The molecule has 2 heterocycles. The van der Waals surface area contributed by atoms with Crippen molar-refractivity contribution in [3.05, 3.63) is 30.1 Å². The average molecular weight is 205 g/mol. The minimum absolute atomic E-state index is 0.313. The van der Waals surface area contributed by atoms with E-state index in [1.54, 1.807) is 30.0 Å². The van der Waals surface area contributed by atoms with Crippen LogP contribution in [0.2, 0.25) is 0 Å². The van der Waals surface area contributed by atoms with E-state index in [0.29, 0.717) is 17.8 Å². The molecule has 0 unspecified atom stereocenters. The number of rotatable bonds is 2. The van der Waals surface area contributed by atoms with Crippen molar-refractivity contribution in [2.24, 2.45) is 0 Å². The van der Waals surface area contributed by atoms with Gasteiger partial charge < -0.3 is 4.74 Å². The topological polar surface area (TPSA) is 56.5 Å². The van der Waals surface area contributed by atoms with E-state index in [1.165, 1.54) is 0 Å². The second-order valence-corrected chi connectivity index (χ2v) is 3.12. The second-order valence-electron chi connectivity index (χ2n) is 3.12. The molecule has 0 saturated carbocycles. The van der Waals surface area contributed by atoms with Crippen LogP contribution in [0.15, 0.2) is 18.7 Å². The largest absolute Gasteiger partial charge is 0.461 e. The molecule has 0 N–H and O–H groups in total. The molecule has 0 saturated heterocycles. The molecule has 0 aromatic carbocycles. The zero-order chi connectivity index (χ0) is 10.8. The third-order valence-electron chi connectivity index (χ3n) is 2.11. The first-order chi connectivity index (χ1) is 7.24. The molecule has 2 rings (SSSR count). The molecule has 0 aliphatic rings. The average Bonchev–Trinajstić information content (AvgIpc) is 2.63. The normalized spacial score (nSPS) is 10.5. The molecular weight excluding hydrogens is 194 g/mol. The fraction of sp³-hybridized carbons (Fsp3) is 0.300. The van der Waals surface area contributed by atoms with Crippen LogP contribution in [-0.2, 0) is 4.74 Å². The van der Waals surface area contributed by atoms with Crippen LogP contribution < -0.4 is 0 Å². The molecule has 0 fully saturated rings. The van der Waals surface area contributed by atoms with Crippen molar-refractivity contribution >= 4 is 11.5 Å². The van der Waals surface area contributed by atoms with Crippen LogP contribution in [0.25, 0.3) is 5.52 Å². The predicted octanol–water partition coefficient (Wildman–Crippen LogP) is 1.21. The number of nitrogens with zero attached hydrogens (tertiary/aromatic N) is 3. The van der Waals surface area contributed by atoms with Crippen molar-refractivity contribution in [2.75, 3.05) is 6.61 Å². The van der Waals surface area contributed by atoms with Crippen molar-refractivity contribution in [3.8, 4) is 0 Å². The van der Waals surface area contributed by atoms with Gasteiger partial charge in [-0.1, -0.05) is 0 Å². The number of hydrogen-bond donors (Lipinski definition) is 0. The summed E-state index contributed by atoms with van der Waals surface area (Å²) >= 11 is 0. The van der Waals surface area contributed by atoms with Gasteiger partial charge in [0, 0.05) is 11.9 Å². The quantitative estimate of drug-likeness (QED) is 0.691. The van der Waals surface area contributed by atoms with Crippen LogP contribution in [-0.4, -0.2) is 26.9 Å². The van der Waals surface area contributed by atoms with E-state index in [-0.39, 0.29) is 0 Å². The lowest BCUT2D eigenvalue weighted by Gasteiger charge is -2.00. The van der Waals surface area contributed by atoms with Gasteiger partial charge in [0.1, 0.15) is 6.33 Å². The highest BCUT2D eigenvalue weighted by Crippen LogP contribution is 2.11. The lowest BCUT2D eigenvalue weighted by molar-refractivity contribution is 0.0522. The fourth-order valence-corrected chi connectivity index (χ4v) is 1.40. The maximum Gasteiger partial charge on any atom is 0.359 e. The van der Waals surface area contributed by atoms with Crippen LogP contribution in [0.3, 0.4) is 0 Å². The zero-order valence-electron chi connectivity index (χ0n) is 8.60. The summed E-state index contributed by atoms with van der Waals surface area (Å²) in [7, 11) is 0. The van der Waals surface area contributed by atoms with Gasteiger partial charge in [-0.15, -0.1) is 0 Å². The molecule has 2 aromatic heterocycles. The predicted molar refractivity (Wildman–Crippen MR) is 53.7 cm³/mol. The molecule has 15 heavy (non-hydrogen) atoms. The van der Waals surface area contributed by atoms with E-state index in [0.717, 1.165) is 5.69 Å². The molecule has 2 aromatic rings. The van der Waals surface area contributed by atoms with Crippen molar-refractivity contribution in [2.45, 2.75) is 13.8 Å². The number of carbonyl (C=O) groups is 1. The monoisotopic (exact) mass is 205 g/mol. The molecule has 0 atom stereocenters. The Morgan fingerprint density at radius 3 is 3.07 bits per heavy atom. The number of ether oxygens (including phenoxy) is 1. The Morgan fingerprint density at radius 1 is 1.53 bits per heavy atom. The van der Waals surface area contributed by atoms with E-state index in [9.17, 15) is 4.79 Å². The number of fused-ring (bicyclic) bond motifs is 1. The molecule has 0 amide bonds. The number of aromatic nitrogens is 3. The van der Waals surface area contributed by atoms with E-state index >= 15 is 0 Å². The Balaban J connectivity index is 2.54. The number of carbonyl (C=O) groups excluding carboxylic acids is 1. The van der Waals surface area contributed by atoms with Crippen LogP contribution in [0.4, 0.5) is 0 Å². The number of imidazole rings is 1. The smallest absolute Gasteiger partial charge is 0.359 e. The zero-order valence-corrected chi connectivity index (χ0v) is 8.60. The highest BCUT2D eigenvalue weighted by molar-refractivity contribution is 5.94. The lowest BCUT2D eigenvalue weighted by atomic mass is 10.3. The van der Waals surface area contributed by atoms with E-state index in [2.05, 4.69) is 9.97 Å². The molecule has 0 aliphatic heterocycles. The Morgan fingerprint density at radius 2 is 2.33 bits per heavy atom. The number of aryl methyl sites for hydroxylation is 1. The third kappa shape index (κ3) is 1.56. The van der Waals surface area contributed by atoms with Crippen molar-refractivity contribution < 1.29 is 9.53 Å². The molecule has 0 radical (unpaired) electrons. The van der Waals surface area contributed by atoms with Crippen LogP contribution in [0.5, 0.6) is 0 Å². The Labute approximate surface area is 86.7 Å². The van der Waals surface area contributed by atoms with Gasteiger partial charge in [0.15, 0.2) is 5.69 Å². The summed E-state index contributed by atoms with van der Waals surface area (Å²) < 4.78 is 6.70. The Bertz CT molecular complexity index is 504. The maximum atomic E-state index is 11.5. The van der Waals surface area contributed by atoms with E-state index < -0.39 is 5.97 Å². The van der Waals surface area contributed by atoms with Crippen LogP contribution in [0, 0.1) is 6.92 Å². The van der Waals surface area contributed by atoms with Crippen LogP contribution >= 0.6 is 0 Å². The first kappa shape index (κ1) is 9.64. The summed E-state index contributed by atoms with van der Waals surface area (Å²) in [5.41, 5.74) is 1.91. The fourth-order valence-electron chi connectivity index (χ4n) is 1.40. The van der Waals surface area contributed by atoms with Gasteiger partial charge in [0.05, 0.1) is 18.3 Å². The van der Waals surface area contributed by atoms with Crippen molar-refractivity contribution in [1.29, 1.82) is 0 Å². The lowest BCUT2D eigenvalue weighted by Crippen LogP contribution is -2.05. The van der Waals surface area contributed by atoms with Gasteiger partial charge >= 0.3 is 5.97 Å². The maximum absolute atomic E-state index is 11.5. The number of hydrogen-bond acceptors (Lipinski definition) is 4. The SMILES string of the molecule is CCOC(=O)c1ncn2c(C)cncc12. The third-order valence-corrected chi connectivity index (χ3v) is 2.11. The molecule has 78 valence electrons. The molecule has 0 aliphatic carbocycles. The summed E-state index contributed by atoms with van der Waals surface area (Å²) in [6.45, 7) is 4.01. The summed E-state index contributed by atoms with van der Waals surface area (Å²) in [5.74, 6) is -0.410. The first-order valence-corrected chi connectivity index (χ1v) is 4.68. The summed E-state index contributed by atoms with van der Waals surface area (Å²) in [6, 6.07) is 0. The highest BCUT2D eigenvalue weighted by atomic mass is 16.5. The van der Waals surface area contributed by atoms with Gasteiger partial charge in [-0.3, -0.25) is 9.38 Å². The highest BCUT2D eigenvalue weighted by Gasteiger charge is 2.14. The minimum Gasteiger partial charge on any atom is -0.461 e. The van der Waals surface area contributed by atoms with Gasteiger partial charge in [-0.05, 0) is 13.8 Å². The summed E-state index contributed by atoms with van der Waals surface area (Å²) in [6.07, 6.45) is 4.91. The molecule has 0 bridgehead atoms. The number of esters is 1. The molecule has 5 heteroatoms. The van der Waals surface area contributed by atoms with E-state index in [4.69, 9.17) is 4.74 Å². The molecule has 5 nitrogen and oxygen atoms in total. The standard InChI is InChI=1S/C10H11N3O2/c1-3-15-10(14)9-8-5-11-4-7(2)13(8)6-12-9/h4-6H,3H2,1-2H3. The summed E-state index contributed by atoms with van der Waals surface area (Å²) in [4.78, 5) is 19.5. The first-order valence-electron chi connectivity index (χ1n) is 4.68. The molecule has 0 spiro atoms. The van der Waals surface area contributed by atoms with Crippen molar-refractivity contribution in [3.63, 3.8) is 0 Å². The second kappa shape index (κ2) is 3.68.